The molecule has 0 aliphatic heterocycles. The normalized spacial score (nSPS) is 18.4. The fourth-order valence-corrected chi connectivity index (χ4v) is 4.33. The second-order valence-corrected chi connectivity index (χ2v) is 8.98. The lowest BCUT2D eigenvalue weighted by molar-refractivity contribution is -0.182. The van der Waals surface area contributed by atoms with Gasteiger partial charge in [0.25, 0.3) is 12.3 Å². The number of nitrogens with zero attached hydrogens (tertiary/aromatic N) is 3. The molecule has 194 valence electrons. The Kier molecular flexibility index (Phi) is 7.69. The topological polar surface area (TPSA) is 105 Å². The minimum Gasteiger partial charge on any atom is -0.471 e. The molecule has 3 aromatic heterocycles. The number of nitrogens with one attached hydrogen (secondary N) is 3. The molecule has 3 heterocycles. The number of amides is 1. The first-order chi connectivity index (χ1) is 17.0. The molecule has 0 bridgehead atoms. The Morgan fingerprint density at radius 3 is 2.42 bits per heavy atom. The number of H-pyrrole nitrogens is 1. The number of hydrogen-bond donors (Lipinski definition) is 3. The summed E-state index contributed by atoms with van der Waals surface area (Å²) in [5.74, 6) is -2.37. The lowest BCUT2D eigenvalue weighted by Crippen LogP contribution is -2.40. The molecular formula is C21H19Cl2F5N6O2. The minimum absolute atomic E-state index is 0.116. The Morgan fingerprint density at radius 2 is 1.81 bits per heavy atom. The molecule has 0 aromatic carbocycles. The molecule has 0 atom stereocenters. The van der Waals surface area contributed by atoms with E-state index >= 15 is 0 Å². The van der Waals surface area contributed by atoms with E-state index in [2.05, 4.69) is 30.6 Å². The Hall–Kier alpha value is -2.93. The number of anilines is 2. The number of aromatic nitrogens is 4. The van der Waals surface area contributed by atoms with Crippen molar-refractivity contribution in [2.45, 2.75) is 44.3 Å². The van der Waals surface area contributed by atoms with Gasteiger partial charge in [0, 0.05) is 18.4 Å². The molecule has 3 N–H and O–H groups in total. The van der Waals surface area contributed by atoms with Crippen molar-refractivity contribution in [3.8, 4) is 5.88 Å². The van der Waals surface area contributed by atoms with E-state index in [1.165, 1.54) is 18.5 Å². The maximum atomic E-state index is 13.0. The van der Waals surface area contributed by atoms with Crippen LogP contribution in [0, 0.1) is 5.92 Å². The van der Waals surface area contributed by atoms with Crippen molar-refractivity contribution in [2.75, 3.05) is 11.9 Å². The number of alkyl halides is 5. The van der Waals surface area contributed by atoms with Crippen molar-refractivity contribution in [3.05, 3.63) is 34.1 Å². The number of carbonyl (C=O) groups excluding carboxylic acids is 1. The molecule has 1 fully saturated rings. The molecule has 0 unspecified atom stereocenters. The van der Waals surface area contributed by atoms with E-state index in [1.54, 1.807) is 0 Å². The zero-order valence-corrected chi connectivity index (χ0v) is 19.8. The Balaban J connectivity index is 1.57. The standard InChI is InChI=1S/C21H19Cl2F5N6O2/c22-12-6-29-7-13(23)16(12)32-20-31-14-5-11(19(33-17(14)34-20)36-8-15(24)25)18(35)30-10-3-1-9(2-4-10)21(26,27)28/h5-7,9-10,15H,1-4,8H2,(H,30,35)(H2,29,31,32,33,34)/t9-,10-. The molecule has 1 aliphatic carbocycles. The van der Waals surface area contributed by atoms with E-state index in [9.17, 15) is 26.7 Å². The van der Waals surface area contributed by atoms with Crippen LogP contribution in [-0.2, 0) is 0 Å². The van der Waals surface area contributed by atoms with Crippen LogP contribution in [0.5, 0.6) is 5.88 Å². The summed E-state index contributed by atoms with van der Waals surface area (Å²) < 4.78 is 69.4. The van der Waals surface area contributed by atoms with Crippen molar-refractivity contribution < 1.29 is 31.5 Å². The zero-order chi connectivity index (χ0) is 26.0. The summed E-state index contributed by atoms with van der Waals surface area (Å²) >= 11 is 12.2. The van der Waals surface area contributed by atoms with Crippen molar-refractivity contribution in [1.29, 1.82) is 0 Å². The number of carbonyl (C=O) groups is 1. The molecule has 1 amide bonds. The molecule has 1 saturated carbocycles. The SMILES string of the molecule is O=C(N[C@H]1CC[C@H](C(F)(F)F)CC1)c1cc2nc(Nc3c(Cl)cncc3Cl)[nH]c2nc1OCC(F)F. The molecule has 0 radical (unpaired) electrons. The first-order valence-electron chi connectivity index (χ1n) is 10.8. The summed E-state index contributed by atoms with van der Waals surface area (Å²) in [5.41, 5.74) is 0.424. The summed E-state index contributed by atoms with van der Waals surface area (Å²) in [6, 6.07) is 0.777. The summed E-state index contributed by atoms with van der Waals surface area (Å²) in [7, 11) is 0. The third-order valence-electron chi connectivity index (χ3n) is 5.65. The van der Waals surface area contributed by atoms with Gasteiger partial charge in [-0.25, -0.2) is 13.8 Å². The summed E-state index contributed by atoms with van der Waals surface area (Å²) in [4.78, 5) is 28.0. The highest BCUT2D eigenvalue weighted by Crippen LogP contribution is 2.38. The van der Waals surface area contributed by atoms with Gasteiger partial charge in [0.15, 0.2) is 12.3 Å². The average molecular weight is 553 g/mol. The molecule has 15 heteroatoms. The smallest absolute Gasteiger partial charge is 0.391 e. The van der Waals surface area contributed by atoms with Crippen LogP contribution in [0.3, 0.4) is 0 Å². The number of fused-ring (bicyclic) bond motifs is 1. The van der Waals surface area contributed by atoms with Crippen LogP contribution in [0.1, 0.15) is 36.0 Å². The zero-order valence-electron chi connectivity index (χ0n) is 18.3. The van der Waals surface area contributed by atoms with Gasteiger partial charge in [0.1, 0.15) is 11.1 Å². The van der Waals surface area contributed by atoms with Crippen molar-refractivity contribution in [3.63, 3.8) is 0 Å². The van der Waals surface area contributed by atoms with E-state index in [1.807, 2.05) is 0 Å². The van der Waals surface area contributed by atoms with Gasteiger partial charge < -0.3 is 20.4 Å². The maximum absolute atomic E-state index is 13.0. The quantitative estimate of drug-likeness (QED) is 0.315. The van der Waals surface area contributed by atoms with Crippen molar-refractivity contribution in [1.82, 2.24) is 25.3 Å². The van der Waals surface area contributed by atoms with E-state index < -0.39 is 37.1 Å². The molecule has 4 rings (SSSR count). The third-order valence-corrected chi connectivity index (χ3v) is 6.22. The summed E-state index contributed by atoms with van der Waals surface area (Å²) in [6.07, 6.45) is -4.37. The number of imidazole rings is 1. The number of pyridine rings is 2. The minimum atomic E-state index is -4.28. The van der Waals surface area contributed by atoms with Crippen molar-refractivity contribution in [2.24, 2.45) is 5.92 Å². The van der Waals surface area contributed by atoms with Gasteiger partial charge in [-0.1, -0.05) is 23.2 Å². The molecule has 0 saturated heterocycles. The van der Waals surface area contributed by atoms with Gasteiger partial charge in [-0.3, -0.25) is 9.78 Å². The maximum Gasteiger partial charge on any atom is 0.391 e. The molecule has 0 spiro atoms. The van der Waals surface area contributed by atoms with Gasteiger partial charge >= 0.3 is 6.18 Å². The number of aromatic amines is 1. The fourth-order valence-electron chi connectivity index (χ4n) is 3.87. The lowest BCUT2D eigenvalue weighted by atomic mass is 9.85. The van der Waals surface area contributed by atoms with E-state index in [0.717, 1.165) is 0 Å². The average Bonchev–Trinajstić information content (AvgIpc) is 3.20. The monoisotopic (exact) mass is 552 g/mol. The summed E-state index contributed by atoms with van der Waals surface area (Å²) in [5, 5.41) is 5.93. The predicted molar refractivity (Wildman–Crippen MR) is 122 cm³/mol. The van der Waals surface area contributed by atoms with Crippen LogP contribution in [0.4, 0.5) is 33.6 Å². The van der Waals surface area contributed by atoms with Crippen molar-refractivity contribution >= 4 is 51.9 Å². The fraction of sp³-hybridized carbons (Fsp3) is 0.429. The highest BCUT2D eigenvalue weighted by Gasteiger charge is 2.41. The largest absolute Gasteiger partial charge is 0.471 e. The van der Waals surface area contributed by atoms with Crippen LogP contribution >= 0.6 is 23.2 Å². The highest BCUT2D eigenvalue weighted by atomic mass is 35.5. The number of halogens is 7. The Bertz CT molecular complexity index is 1230. The number of rotatable bonds is 7. The van der Waals surface area contributed by atoms with Gasteiger partial charge in [-0.2, -0.15) is 18.2 Å². The summed E-state index contributed by atoms with van der Waals surface area (Å²) in [6.45, 7) is -1.02. The first-order valence-corrected chi connectivity index (χ1v) is 11.5. The predicted octanol–water partition coefficient (Wildman–Crippen LogP) is 5.90. The van der Waals surface area contributed by atoms with Gasteiger partial charge in [-0.05, 0) is 31.7 Å². The Morgan fingerprint density at radius 1 is 1.14 bits per heavy atom. The van der Waals surface area contributed by atoms with Crippen LogP contribution in [-0.4, -0.2) is 51.1 Å². The molecule has 8 nitrogen and oxygen atoms in total. The number of ether oxygens (including phenoxy) is 1. The molecule has 1 aliphatic rings. The third kappa shape index (κ3) is 6.06. The van der Waals surface area contributed by atoms with E-state index in [4.69, 9.17) is 27.9 Å². The van der Waals surface area contributed by atoms with Crippen LogP contribution in [0.2, 0.25) is 10.0 Å². The lowest BCUT2D eigenvalue weighted by Gasteiger charge is -2.30. The second kappa shape index (κ2) is 10.6. The Labute approximate surface area is 210 Å². The molecule has 36 heavy (non-hydrogen) atoms. The van der Waals surface area contributed by atoms with Crippen LogP contribution in [0.15, 0.2) is 18.5 Å². The second-order valence-electron chi connectivity index (χ2n) is 8.16. The van der Waals surface area contributed by atoms with Crippen LogP contribution in [0.25, 0.3) is 11.2 Å². The highest BCUT2D eigenvalue weighted by molar-refractivity contribution is 6.39. The van der Waals surface area contributed by atoms with E-state index in [-0.39, 0.29) is 64.3 Å². The number of hydrogen-bond acceptors (Lipinski definition) is 6. The molecular weight excluding hydrogens is 534 g/mol. The van der Waals surface area contributed by atoms with Gasteiger partial charge in [0.2, 0.25) is 11.8 Å². The van der Waals surface area contributed by atoms with Gasteiger partial charge in [0.05, 0.1) is 21.7 Å². The van der Waals surface area contributed by atoms with E-state index in [0.29, 0.717) is 5.69 Å². The first kappa shape index (κ1) is 26.1. The molecule has 3 aromatic rings. The van der Waals surface area contributed by atoms with Gasteiger partial charge in [-0.15, -0.1) is 0 Å². The van der Waals surface area contributed by atoms with Crippen LogP contribution < -0.4 is 15.4 Å².